The van der Waals surface area contributed by atoms with Gasteiger partial charge in [0.2, 0.25) is 0 Å². The Balaban J connectivity index is 3.36. The van der Waals surface area contributed by atoms with Crippen molar-refractivity contribution in [2.45, 2.75) is 20.3 Å². The third-order valence-corrected chi connectivity index (χ3v) is 1.37. The first kappa shape index (κ1) is 11.7. The minimum atomic E-state index is -0.721. The van der Waals surface area contributed by atoms with Crippen LogP contribution in [0.1, 0.15) is 20.3 Å². The number of carbonyl (C=O) groups is 2. The number of urea groups is 1. The number of carbonyl (C=O) groups excluding carboxylic acids is 2. The molecule has 3 N–H and O–H groups in total. The van der Waals surface area contributed by atoms with Crippen molar-refractivity contribution < 1.29 is 14.3 Å². The van der Waals surface area contributed by atoms with Gasteiger partial charge in [0.1, 0.15) is 6.54 Å². The second-order valence-corrected chi connectivity index (χ2v) is 3.12. The van der Waals surface area contributed by atoms with Crippen molar-refractivity contribution in [2.24, 2.45) is 11.7 Å². The highest BCUT2D eigenvalue weighted by Crippen LogP contribution is 1.98. The summed E-state index contributed by atoms with van der Waals surface area (Å²) in [6, 6.07) is -0.721. The smallest absolute Gasteiger partial charge is 0.325 e. The SMILES string of the molecule is CC(C)CCOC(=O)CNC(N)=O. The Morgan fingerprint density at radius 2 is 2.08 bits per heavy atom. The number of nitrogens with two attached hydrogens (primary N) is 1. The number of rotatable bonds is 5. The van der Waals surface area contributed by atoms with Crippen molar-refractivity contribution in [3.63, 3.8) is 0 Å². The molecule has 0 aliphatic rings. The van der Waals surface area contributed by atoms with Crippen LogP contribution in [0.3, 0.4) is 0 Å². The van der Waals surface area contributed by atoms with Gasteiger partial charge in [0, 0.05) is 0 Å². The van der Waals surface area contributed by atoms with Crippen molar-refractivity contribution in [1.29, 1.82) is 0 Å². The summed E-state index contributed by atoms with van der Waals surface area (Å²) in [6.45, 7) is 4.30. The molecule has 2 amide bonds. The molecule has 0 aromatic heterocycles. The first-order valence-corrected chi connectivity index (χ1v) is 4.21. The predicted molar refractivity (Wildman–Crippen MR) is 48.0 cm³/mol. The summed E-state index contributed by atoms with van der Waals surface area (Å²) in [5.74, 6) is 0.0383. The quantitative estimate of drug-likeness (QED) is 0.606. The fourth-order valence-corrected chi connectivity index (χ4v) is 0.619. The van der Waals surface area contributed by atoms with Crippen LogP contribution in [0, 0.1) is 5.92 Å². The van der Waals surface area contributed by atoms with Crippen LogP contribution >= 0.6 is 0 Å². The number of ether oxygens (including phenoxy) is 1. The number of amides is 2. The van der Waals surface area contributed by atoms with Gasteiger partial charge >= 0.3 is 12.0 Å². The van der Waals surface area contributed by atoms with Gasteiger partial charge in [-0.2, -0.15) is 0 Å². The van der Waals surface area contributed by atoms with Crippen molar-refractivity contribution in [1.82, 2.24) is 5.32 Å². The van der Waals surface area contributed by atoms with Crippen LogP contribution in [0.25, 0.3) is 0 Å². The van der Waals surface area contributed by atoms with E-state index >= 15 is 0 Å². The zero-order valence-corrected chi connectivity index (χ0v) is 8.00. The third kappa shape index (κ3) is 8.65. The molecule has 0 saturated heterocycles. The summed E-state index contributed by atoms with van der Waals surface area (Å²) < 4.78 is 4.79. The monoisotopic (exact) mass is 188 g/mol. The van der Waals surface area contributed by atoms with E-state index in [0.717, 1.165) is 6.42 Å². The Morgan fingerprint density at radius 3 is 2.54 bits per heavy atom. The van der Waals surface area contributed by atoms with Crippen LogP contribution in [0.4, 0.5) is 4.79 Å². The van der Waals surface area contributed by atoms with Gasteiger partial charge in [-0.3, -0.25) is 4.79 Å². The second kappa shape index (κ2) is 6.28. The van der Waals surface area contributed by atoms with Crippen molar-refractivity contribution in [3.8, 4) is 0 Å². The summed E-state index contributed by atoms with van der Waals surface area (Å²) in [5.41, 5.74) is 4.76. The summed E-state index contributed by atoms with van der Waals surface area (Å²) in [4.78, 5) is 21.0. The normalized spacial score (nSPS) is 9.77. The van der Waals surface area contributed by atoms with Crippen molar-refractivity contribution in [3.05, 3.63) is 0 Å². The van der Waals surface area contributed by atoms with Gasteiger partial charge in [-0.1, -0.05) is 13.8 Å². The van der Waals surface area contributed by atoms with Crippen LogP contribution in [0.2, 0.25) is 0 Å². The molecule has 0 atom stereocenters. The van der Waals surface area contributed by atoms with Gasteiger partial charge in [-0.05, 0) is 12.3 Å². The Hall–Kier alpha value is -1.26. The van der Waals surface area contributed by atoms with E-state index < -0.39 is 12.0 Å². The molecule has 5 nitrogen and oxygen atoms in total. The number of primary amides is 1. The summed E-state index contributed by atoms with van der Waals surface area (Å²) in [6.07, 6.45) is 0.822. The molecule has 5 heteroatoms. The highest BCUT2D eigenvalue weighted by atomic mass is 16.5. The van der Waals surface area contributed by atoms with E-state index in [1.165, 1.54) is 0 Å². The number of hydrogen-bond donors (Lipinski definition) is 2. The topological polar surface area (TPSA) is 81.4 Å². The molecular weight excluding hydrogens is 172 g/mol. The molecule has 0 radical (unpaired) electrons. The largest absolute Gasteiger partial charge is 0.464 e. The zero-order valence-electron chi connectivity index (χ0n) is 8.00. The Morgan fingerprint density at radius 1 is 1.46 bits per heavy atom. The maximum Gasteiger partial charge on any atom is 0.325 e. The lowest BCUT2D eigenvalue weighted by atomic mass is 10.1. The highest BCUT2D eigenvalue weighted by molar-refractivity contribution is 5.79. The Labute approximate surface area is 77.6 Å². The predicted octanol–water partition coefficient (Wildman–Crippen LogP) is 0.244. The maximum absolute atomic E-state index is 10.8. The second-order valence-electron chi connectivity index (χ2n) is 3.12. The van der Waals surface area contributed by atoms with Crippen LogP contribution in [-0.4, -0.2) is 25.2 Å². The molecule has 0 aliphatic carbocycles. The lowest BCUT2D eigenvalue weighted by Gasteiger charge is -2.06. The number of esters is 1. The molecule has 0 rings (SSSR count). The Kier molecular flexibility index (Phi) is 5.67. The molecule has 0 spiro atoms. The summed E-state index contributed by atoms with van der Waals surface area (Å²) >= 11 is 0. The van der Waals surface area contributed by atoms with Crippen LogP contribution in [0.5, 0.6) is 0 Å². The average molecular weight is 188 g/mol. The fraction of sp³-hybridized carbons (Fsp3) is 0.750. The van der Waals surface area contributed by atoms with Crippen LogP contribution < -0.4 is 11.1 Å². The molecular formula is C8H16N2O3. The van der Waals surface area contributed by atoms with Gasteiger partial charge in [0.25, 0.3) is 0 Å². The van der Waals surface area contributed by atoms with E-state index in [0.29, 0.717) is 12.5 Å². The highest BCUT2D eigenvalue weighted by Gasteiger charge is 2.03. The van der Waals surface area contributed by atoms with Gasteiger partial charge in [0.05, 0.1) is 6.61 Å². The lowest BCUT2D eigenvalue weighted by Crippen LogP contribution is -2.34. The molecule has 0 bridgehead atoms. The zero-order chi connectivity index (χ0) is 10.3. The van der Waals surface area contributed by atoms with Gasteiger partial charge in [-0.15, -0.1) is 0 Å². The molecule has 0 aromatic carbocycles. The van der Waals surface area contributed by atoms with E-state index in [1.54, 1.807) is 0 Å². The molecule has 0 unspecified atom stereocenters. The summed E-state index contributed by atoms with van der Waals surface area (Å²) in [5, 5.41) is 2.15. The minimum Gasteiger partial charge on any atom is -0.464 e. The first-order chi connectivity index (χ1) is 6.02. The first-order valence-electron chi connectivity index (χ1n) is 4.21. The van der Waals surface area contributed by atoms with Gasteiger partial charge in [-0.25, -0.2) is 4.79 Å². The van der Waals surface area contributed by atoms with Gasteiger partial charge < -0.3 is 15.8 Å². The number of nitrogens with one attached hydrogen (secondary N) is 1. The minimum absolute atomic E-state index is 0.159. The third-order valence-electron chi connectivity index (χ3n) is 1.37. The average Bonchev–Trinajstić information content (AvgIpc) is 2.00. The molecule has 76 valence electrons. The van der Waals surface area contributed by atoms with E-state index in [1.807, 2.05) is 13.8 Å². The van der Waals surface area contributed by atoms with Crippen molar-refractivity contribution >= 4 is 12.0 Å². The maximum atomic E-state index is 10.8. The molecule has 0 heterocycles. The molecule has 0 fully saturated rings. The van der Waals surface area contributed by atoms with Gasteiger partial charge in [0.15, 0.2) is 0 Å². The standard InChI is InChI=1S/C8H16N2O3/c1-6(2)3-4-13-7(11)5-10-8(9)12/h6H,3-5H2,1-2H3,(H3,9,10,12). The van der Waals surface area contributed by atoms with E-state index in [-0.39, 0.29) is 6.54 Å². The summed E-state index contributed by atoms with van der Waals surface area (Å²) in [7, 11) is 0. The van der Waals surface area contributed by atoms with E-state index in [2.05, 4.69) is 5.32 Å². The van der Waals surface area contributed by atoms with E-state index in [9.17, 15) is 9.59 Å². The van der Waals surface area contributed by atoms with Crippen LogP contribution in [-0.2, 0) is 9.53 Å². The van der Waals surface area contributed by atoms with Crippen LogP contribution in [0.15, 0.2) is 0 Å². The fourth-order valence-electron chi connectivity index (χ4n) is 0.619. The van der Waals surface area contributed by atoms with Crippen molar-refractivity contribution in [2.75, 3.05) is 13.2 Å². The molecule has 13 heavy (non-hydrogen) atoms. The molecule has 0 aliphatic heterocycles. The molecule has 0 saturated carbocycles. The number of hydrogen-bond acceptors (Lipinski definition) is 3. The lowest BCUT2D eigenvalue weighted by molar-refractivity contribution is -0.142. The Bertz CT molecular complexity index is 180. The molecule has 0 aromatic rings. The van der Waals surface area contributed by atoms with E-state index in [4.69, 9.17) is 10.5 Å².